The van der Waals surface area contributed by atoms with Crippen LogP contribution in [0.1, 0.15) is 17.4 Å². The van der Waals surface area contributed by atoms with Crippen molar-refractivity contribution in [1.29, 1.82) is 0 Å². The zero-order chi connectivity index (χ0) is 13.2. The molecule has 1 amide bonds. The van der Waals surface area contributed by atoms with Crippen LogP contribution < -0.4 is 0 Å². The fourth-order valence-electron chi connectivity index (χ4n) is 1.50. The second-order valence-electron chi connectivity index (χ2n) is 4.08. The Morgan fingerprint density at radius 1 is 1.59 bits per heavy atom. The van der Waals surface area contributed by atoms with Crippen molar-refractivity contribution in [3.63, 3.8) is 0 Å². The van der Waals surface area contributed by atoms with Crippen molar-refractivity contribution in [3.8, 4) is 0 Å². The molecule has 0 fully saturated rings. The van der Waals surface area contributed by atoms with Crippen LogP contribution in [0, 0.1) is 5.92 Å². The first-order valence-electron chi connectivity index (χ1n) is 5.13. The molecule has 1 aromatic rings. The number of carboxylic acids is 1. The molecule has 1 aromatic heterocycles. The lowest BCUT2D eigenvalue weighted by Gasteiger charge is -2.19. The van der Waals surface area contributed by atoms with Gasteiger partial charge in [0, 0.05) is 31.3 Å². The SMILES string of the molecule is CC(CN(C)C(=O)c1cc(Br)cn1C)C(=O)O. The molecule has 17 heavy (non-hydrogen) atoms. The topological polar surface area (TPSA) is 62.5 Å². The van der Waals surface area contributed by atoms with Crippen LogP contribution in [0.5, 0.6) is 0 Å². The molecule has 0 aliphatic carbocycles. The van der Waals surface area contributed by atoms with E-state index in [0.29, 0.717) is 5.69 Å². The number of carbonyl (C=O) groups excluding carboxylic acids is 1. The van der Waals surface area contributed by atoms with Gasteiger partial charge in [0.2, 0.25) is 0 Å². The van der Waals surface area contributed by atoms with Gasteiger partial charge in [-0.2, -0.15) is 0 Å². The maximum atomic E-state index is 12.0. The summed E-state index contributed by atoms with van der Waals surface area (Å²) in [6.07, 6.45) is 1.78. The zero-order valence-electron chi connectivity index (χ0n) is 9.98. The Morgan fingerprint density at radius 2 is 2.18 bits per heavy atom. The van der Waals surface area contributed by atoms with Crippen LogP contribution in [-0.4, -0.2) is 40.0 Å². The van der Waals surface area contributed by atoms with Crippen LogP contribution in [0.15, 0.2) is 16.7 Å². The number of aryl methyl sites for hydroxylation is 1. The van der Waals surface area contributed by atoms with Gasteiger partial charge in [-0.15, -0.1) is 0 Å². The standard InChI is InChI=1S/C11H15BrN2O3/c1-7(11(16)17)5-14(3)10(15)9-4-8(12)6-13(9)2/h4,6-7H,5H2,1-3H3,(H,16,17). The molecule has 0 aliphatic rings. The summed E-state index contributed by atoms with van der Waals surface area (Å²) in [4.78, 5) is 24.2. The molecule has 1 rings (SSSR count). The lowest BCUT2D eigenvalue weighted by Crippen LogP contribution is -2.34. The highest BCUT2D eigenvalue weighted by atomic mass is 79.9. The summed E-state index contributed by atoms with van der Waals surface area (Å²) >= 11 is 3.29. The lowest BCUT2D eigenvalue weighted by molar-refractivity contribution is -0.141. The predicted molar refractivity (Wildman–Crippen MR) is 66.9 cm³/mol. The first-order chi connectivity index (χ1) is 7.82. The van der Waals surface area contributed by atoms with Gasteiger partial charge in [0.1, 0.15) is 5.69 Å². The van der Waals surface area contributed by atoms with E-state index in [-0.39, 0.29) is 12.5 Å². The highest BCUT2D eigenvalue weighted by Crippen LogP contribution is 2.15. The summed E-state index contributed by atoms with van der Waals surface area (Å²) in [5.74, 6) is -1.67. The molecule has 0 bridgehead atoms. The fourth-order valence-corrected chi connectivity index (χ4v) is 2.03. The minimum atomic E-state index is -0.905. The maximum Gasteiger partial charge on any atom is 0.308 e. The van der Waals surface area contributed by atoms with Gasteiger partial charge in [-0.1, -0.05) is 6.92 Å². The first-order valence-corrected chi connectivity index (χ1v) is 5.92. The fraction of sp³-hybridized carbons (Fsp3) is 0.455. The summed E-state index contributed by atoms with van der Waals surface area (Å²) in [6.45, 7) is 1.77. The van der Waals surface area contributed by atoms with Crippen molar-refractivity contribution in [2.75, 3.05) is 13.6 Å². The maximum absolute atomic E-state index is 12.0. The number of hydrogen-bond donors (Lipinski definition) is 1. The molecule has 1 atom stereocenters. The van der Waals surface area contributed by atoms with Crippen LogP contribution in [-0.2, 0) is 11.8 Å². The van der Waals surface area contributed by atoms with Gasteiger partial charge in [-0.25, -0.2) is 0 Å². The highest BCUT2D eigenvalue weighted by Gasteiger charge is 2.20. The number of carbonyl (C=O) groups is 2. The molecule has 1 heterocycles. The van der Waals surface area contributed by atoms with E-state index < -0.39 is 11.9 Å². The second-order valence-corrected chi connectivity index (χ2v) is 5.00. The summed E-state index contributed by atoms with van der Waals surface area (Å²) in [6, 6.07) is 1.71. The van der Waals surface area contributed by atoms with E-state index in [2.05, 4.69) is 15.9 Å². The van der Waals surface area contributed by atoms with E-state index in [4.69, 9.17) is 5.11 Å². The summed E-state index contributed by atoms with van der Waals surface area (Å²) in [5.41, 5.74) is 0.525. The Hall–Kier alpha value is -1.30. The number of amides is 1. The Bertz CT molecular complexity index is 442. The van der Waals surface area contributed by atoms with Gasteiger partial charge in [-0.05, 0) is 22.0 Å². The Kier molecular flexibility index (Phi) is 4.34. The molecule has 1 unspecified atom stereocenters. The molecule has 94 valence electrons. The molecule has 0 aliphatic heterocycles. The summed E-state index contributed by atoms with van der Waals surface area (Å²) in [5, 5.41) is 8.79. The van der Waals surface area contributed by atoms with E-state index in [1.165, 1.54) is 4.90 Å². The average molecular weight is 303 g/mol. The normalized spacial score (nSPS) is 12.2. The van der Waals surface area contributed by atoms with Gasteiger partial charge >= 0.3 is 5.97 Å². The number of rotatable bonds is 4. The lowest BCUT2D eigenvalue weighted by atomic mass is 10.1. The van der Waals surface area contributed by atoms with Crippen molar-refractivity contribution < 1.29 is 14.7 Å². The quantitative estimate of drug-likeness (QED) is 0.918. The van der Waals surface area contributed by atoms with E-state index in [0.717, 1.165) is 4.47 Å². The van der Waals surface area contributed by atoms with Gasteiger partial charge in [0.15, 0.2) is 0 Å². The molecule has 0 saturated carbocycles. The third-order valence-electron chi connectivity index (χ3n) is 2.51. The monoisotopic (exact) mass is 302 g/mol. The van der Waals surface area contributed by atoms with Crippen molar-refractivity contribution >= 4 is 27.8 Å². The molecular formula is C11H15BrN2O3. The van der Waals surface area contributed by atoms with E-state index in [9.17, 15) is 9.59 Å². The van der Waals surface area contributed by atoms with Crippen molar-refractivity contribution in [2.24, 2.45) is 13.0 Å². The minimum Gasteiger partial charge on any atom is -0.481 e. The number of carboxylic acid groups (broad SMARTS) is 1. The molecule has 0 aromatic carbocycles. The van der Waals surface area contributed by atoms with E-state index >= 15 is 0 Å². The van der Waals surface area contributed by atoms with Crippen LogP contribution in [0.25, 0.3) is 0 Å². The minimum absolute atomic E-state index is 0.189. The summed E-state index contributed by atoms with van der Waals surface area (Å²) in [7, 11) is 3.37. The van der Waals surface area contributed by atoms with Crippen molar-refractivity contribution in [1.82, 2.24) is 9.47 Å². The van der Waals surface area contributed by atoms with Crippen LogP contribution in [0.2, 0.25) is 0 Å². The molecule has 0 saturated heterocycles. The van der Waals surface area contributed by atoms with E-state index in [1.807, 2.05) is 0 Å². The molecule has 6 heteroatoms. The second kappa shape index (κ2) is 5.35. The third-order valence-corrected chi connectivity index (χ3v) is 2.94. The first kappa shape index (κ1) is 13.8. The van der Waals surface area contributed by atoms with Crippen molar-refractivity contribution in [3.05, 3.63) is 22.4 Å². The number of aliphatic carboxylic acids is 1. The average Bonchev–Trinajstić information content (AvgIpc) is 2.56. The molecule has 0 spiro atoms. The van der Waals surface area contributed by atoms with Crippen molar-refractivity contribution in [2.45, 2.75) is 6.92 Å². The zero-order valence-corrected chi connectivity index (χ0v) is 11.6. The summed E-state index contributed by atoms with van der Waals surface area (Å²) < 4.78 is 2.52. The smallest absolute Gasteiger partial charge is 0.308 e. The number of aromatic nitrogens is 1. The van der Waals surface area contributed by atoms with Crippen LogP contribution in [0.4, 0.5) is 0 Å². The Balaban J connectivity index is 2.77. The van der Waals surface area contributed by atoms with Gasteiger partial charge in [-0.3, -0.25) is 9.59 Å². The number of nitrogens with zero attached hydrogens (tertiary/aromatic N) is 2. The Labute approximate surface area is 108 Å². The van der Waals surface area contributed by atoms with Gasteiger partial charge in [0.05, 0.1) is 5.92 Å². The third kappa shape index (κ3) is 3.33. The molecule has 1 N–H and O–H groups in total. The van der Waals surface area contributed by atoms with Gasteiger partial charge < -0.3 is 14.6 Å². The largest absolute Gasteiger partial charge is 0.481 e. The van der Waals surface area contributed by atoms with Gasteiger partial charge in [0.25, 0.3) is 5.91 Å². The number of halogens is 1. The van der Waals surface area contributed by atoms with Crippen LogP contribution >= 0.6 is 15.9 Å². The molecule has 5 nitrogen and oxygen atoms in total. The van der Waals surface area contributed by atoms with E-state index in [1.54, 1.807) is 37.8 Å². The number of hydrogen-bond acceptors (Lipinski definition) is 2. The molecule has 0 radical (unpaired) electrons. The van der Waals surface area contributed by atoms with Crippen LogP contribution in [0.3, 0.4) is 0 Å². The Morgan fingerprint density at radius 3 is 2.59 bits per heavy atom. The highest BCUT2D eigenvalue weighted by molar-refractivity contribution is 9.10. The predicted octanol–water partition coefficient (Wildman–Crippen LogP) is 1.58. The molecular weight excluding hydrogens is 288 g/mol.